The second-order valence-electron chi connectivity index (χ2n) is 6.52. The van der Waals surface area contributed by atoms with Crippen LogP contribution in [-0.2, 0) is 6.54 Å². The third-order valence-electron chi connectivity index (χ3n) is 4.84. The first-order valence-corrected chi connectivity index (χ1v) is 8.74. The third kappa shape index (κ3) is 1.93. The minimum Gasteiger partial charge on any atom is -0.332 e. The summed E-state index contributed by atoms with van der Waals surface area (Å²) in [6, 6.07) is 5.75. The zero-order valence-corrected chi connectivity index (χ0v) is 14.3. The lowest BCUT2D eigenvalue weighted by Gasteiger charge is -2.09. The first-order valence-electron chi connectivity index (χ1n) is 8.37. The van der Waals surface area contributed by atoms with Gasteiger partial charge in [0, 0.05) is 5.92 Å². The Bertz CT molecular complexity index is 1150. The highest BCUT2D eigenvalue weighted by Crippen LogP contribution is 2.40. The van der Waals surface area contributed by atoms with Crippen LogP contribution in [0.5, 0.6) is 0 Å². The lowest BCUT2D eigenvalue weighted by molar-refractivity contribution is 0.421. The Morgan fingerprint density at radius 3 is 3.00 bits per heavy atom. The molecule has 0 N–H and O–H groups in total. The van der Waals surface area contributed by atoms with E-state index in [1.165, 1.54) is 6.33 Å². The van der Waals surface area contributed by atoms with Gasteiger partial charge in [0.25, 0.3) is 5.89 Å². The highest BCUT2D eigenvalue weighted by molar-refractivity contribution is 6.33. The molecular formula is C17H12ClN7O. The predicted octanol–water partition coefficient (Wildman–Crippen LogP) is 3.07. The summed E-state index contributed by atoms with van der Waals surface area (Å²) in [5.74, 6) is 2.35. The van der Waals surface area contributed by atoms with Gasteiger partial charge in [-0.25, -0.2) is 14.6 Å². The molecule has 1 aliphatic carbocycles. The summed E-state index contributed by atoms with van der Waals surface area (Å²) in [5, 5.41) is 9.08. The van der Waals surface area contributed by atoms with E-state index in [0.29, 0.717) is 29.1 Å². The van der Waals surface area contributed by atoms with Gasteiger partial charge in [0.15, 0.2) is 17.3 Å². The second kappa shape index (κ2) is 5.01. The molecule has 2 aliphatic rings. The fourth-order valence-corrected chi connectivity index (χ4v) is 3.65. The number of hydrogen-bond acceptors (Lipinski definition) is 6. The van der Waals surface area contributed by atoms with E-state index >= 15 is 0 Å². The van der Waals surface area contributed by atoms with Gasteiger partial charge in [-0.05, 0) is 25.0 Å². The summed E-state index contributed by atoms with van der Waals surface area (Å²) in [6.07, 6.45) is 5.53. The monoisotopic (exact) mass is 365 g/mol. The van der Waals surface area contributed by atoms with Crippen molar-refractivity contribution in [3.8, 4) is 28.7 Å². The highest BCUT2D eigenvalue weighted by atomic mass is 35.5. The number of fused-ring (bicyclic) bond motifs is 5. The van der Waals surface area contributed by atoms with E-state index in [-0.39, 0.29) is 0 Å². The van der Waals surface area contributed by atoms with Crippen LogP contribution in [0.3, 0.4) is 0 Å². The van der Waals surface area contributed by atoms with E-state index < -0.39 is 0 Å². The van der Waals surface area contributed by atoms with Crippen LogP contribution in [0.25, 0.3) is 28.7 Å². The van der Waals surface area contributed by atoms with Crippen LogP contribution < -0.4 is 0 Å². The average molecular weight is 366 g/mol. The first kappa shape index (κ1) is 14.2. The van der Waals surface area contributed by atoms with Crippen molar-refractivity contribution in [1.29, 1.82) is 0 Å². The Morgan fingerprint density at radius 1 is 1.19 bits per heavy atom. The maximum atomic E-state index is 6.48. The molecule has 26 heavy (non-hydrogen) atoms. The van der Waals surface area contributed by atoms with Crippen molar-refractivity contribution in [3.05, 3.63) is 47.4 Å². The zero-order valence-electron chi connectivity index (χ0n) is 13.5. The van der Waals surface area contributed by atoms with E-state index in [2.05, 4.69) is 25.2 Å². The van der Waals surface area contributed by atoms with Gasteiger partial charge in [-0.2, -0.15) is 10.1 Å². The van der Waals surface area contributed by atoms with Gasteiger partial charge in [0.05, 0.1) is 28.5 Å². The zero-order chi connectivity index (χ0) is 17.3. The summed E-state index contributed by atoms with van der Waals surface area (Å²) < 4.78 is 9.30. The number of hydrogen-bond donors (Lipinski definition) is 0. The predicted molar refractivity (Wildman–Crippen MR) is 92.0 cm³/mol. The topological polar surface area (TPSA) is 87.4 Å². The molecule has 0 amide bonds. The number of halogens is 1. The van der Waals surface area contributed by atoms with Crippen molar-refractivity contribution in [2.75, 3.05) is 0 Å². The minimum atomic E-state index is 0.426. The van der Waals surface area contributed by atoms with Gasteiger partial charge in [0.2, 0.25) is 0 Å². The van der Waals surface area contributed by atoms with Gasteiger partial charge in [0.1, 0.15) is 12.7 Å². The van der Waals surface area contributed by atoms with Crippen LogP contribution in [0.2, 0.25) is 5.02 Å². The van der Waals surface area contributed by atoms with E-state index in [9.17, 15) is 0 Å². The SMILES string of the molecule is Clc1cccc2c1-c1ncnn1Cc1c(-c3nc(C4CC4)no3)ncn1-2. The smallest absolute Gasteiger partial charge is 0.278 e. The third-order valence-corrected chi connectivity index (χ3v) is 5.16. The number of rotatable bonds is 2. The van der Waals surface area contributed by atoms with Gasteiger partial charge >= 0.3 is 0 Å². The maximum absolute atomic E-state index is 6.48. The number of aromatic nitrogens is 7. The molecule has 0 unspecified atom stereocenters. The van der Waals surface area contributed by atoms with E-state index in [1.807, 2.05) is 27.4 Å². The molecule has 8 nitrogen and oxygen atoms in total. The Balaban J connectivity index is 1.59. The highest BCUT2D eigenvalue weighted by Gasteiger charge is 2.31. The van der Waals surface area contributed by atoms with Crippen LogP contribution in [0.15, 0.2) is 35.4 Å². The van der Waals surface area contributed by atoms with Gasteiger partial charge in [-0.1, -0.05) is 22.8 Å². The van der Waals surface area contributed by atoms with Crippen molar-refractivity contribution in [2.24, 2.45) is 0 Å². The number of imidazole rings is 1. The van der Waals surface area contributed by atoms with Crippen molar-refractivity contribution < 1.29 is 4.52 Å². The second-order valence-corrected chi connectivity index (χ2v) is 6.92. The molecule has 4 heterocycles. The standard InChI is InChI=1S/C17H12ClN7O/c18-10-2-1-3-11-13(10)16-19-7-21-25(16)6-12-14(20-8-24(11)12)17-22-15(23-26-17)9-4-5-9/h1-3,7-9H,4-6H2. The van der Waals surface area contributed by atoms with Crippen LogP contribution >= 0.6 is 11.6 Å². The normalized spacial score (nSPS) is 15.3. The molecule has 0 saturated heterocycles. The van der Waals surface area contributed by atoms with Crippen molar-refractivity contribution >= 4 is 11.6 Å². The van der Waals surface area contributed by atoms with E-state index in [1.54, 1.807) is 6.33 Å². The van der Waals surface area contributed by atoms with Crippen LogP contribution in [0.4, 0.5) is 0 Å². The number of benzene rings is 1. The Hall–Kier alpha value is -3.00. The Kier molecular flexibility index (Phi) is 2.74. The quantitative estimate of drug-likeness (QED) is 0.477. The average Bonchev–Trinajstić information content (AvgIpc) is 3.05. The molecule has 1 saturated carbocycles. The molecule has 9 heteroatoms. The van der Waals surface area contributed by atoms with Gasteiger partial charge in [-0.15, -0.1) is 0 Å². The molecule has 0 spiro atoms. The Labute approximate surface area is 152 Å². The Morgan fingerprint density at radius 2 is 2.12 bits per heavy atom. The van der Waals surface area contributed by atoms with E-state index in [4.69, 9.17) is 16.1 Å². The molecule has 1 aliphatic heterocycles. The molecule has 0 radical (unpaired) electrons. The molecular weight excluding hydrogens is 354 g/mol. The summed E-state index contributed by atoms with van der Waals surface area (Å²) in [7, 11) is 0. The summed E-state index contributed by atoms with van der Waals surface area (Å²) in [4.78, 5) is 13.5. The van der Waals surface area contributed by atoms with Crippen LogP contribution in [-0.4, -0.2) is 34.5 Å². The molecule has 128 valence electrons. The first-order chi connectivity index (χ1) is 12.8. The van der Waals surface area contributed by atoms with Crippen LogP contribution in [0, 0.1) is 0 Å². The molecule has 4 aromatic rings. The molecule has 6 rings (SSSR count). The fourth-order valence-electron chi connectivity index (χ4n) is 3.40. The largest absolute Gasteiger partial charge is 0.332 e. The maximum Gasteiger partial charge on any atom is 0.278 e. The van der Waals surface area contributed by atoms with Crippen molar-refractivity contribution in [2.45, 2.75) is 25.3 Å². The minimum absolute atomic E-state index is 0.426. The molecule has 0 atom stereocenters. The van der Waals surface area contributed by atoms with Crippen molar-refractivity contribution in [3.63, 3.8) is 0 Å². The summed E-state index contributed by atoms with van der Waals surface area (Å²) >= 11 is 6.48. The number of nitrogens with zero attached hydrogens (tertiary/aromatic N) is 7. The molecule has 3 aromatic heterocycles. The van der Waals surface area contributed by atoms with Crippen molar-refractivity contribution in [1.82, 2.24) is 34.5 Å². The molecule has 1 aromatic carbocycles. The molecule has 0 bridgehead atoms. The summed E-state index contributed by atoms with van der Waals surface area (Å²) in [5.41, 5.74) is 3.31. The lowest BCUT2D eigenvalue weighted by atomic mass is 10.1. The summed E-state index contributed by atoms with van der Waals surface area (Å²) in [6.45, 7) is 0.483. The van der Waals surface area contributed by atoms with Gasteiger partial charge in [-0.3, -0.25) is 4.57 Å². The molecule has 1 fully saturated rings. The van der Waals surface area contributed by atoms with E-state index in [0.717, 1.165) is 41.4 Å². The fraction of sp³-hybridized carbons (Fsp3) is 0.235. The van der Waals surface area contributed by atoms with Crippen LogP contribution in [0.1, 0.15) is 30.3 Å². The van der Waals surface area contributed by atoms with Gasteiger partial charge < -0.3 is 4.52 Å². The lowest BCUT2D eigenvalue weighted by Crippen LogP contribution is -2.05.